The maximum absolute atomic E-state index is 12.4. The zero-order valence-corrected chi connectivity index (χ0v) is 29.8. The first-order valence-electron chi connectivity index (χ1n) is 19.4. The van der Waals surface area contributed by atoms with Gasteiger partial charge in [0, 0.05) is 13.1 Å². The second-order valence-electron chi connectivity index (χ2n) is 14.2. The third-order valence-corrected chi connectivity index (χ3v) is 8.95. The first-order chi connectivity index (χ1) is 20.5. The summed E-state index contributed by atoms with van der Waals surface area (Å²) in [5.74, 6) is 1.74. The van der Waals surface area contributed by atoms with Gasteiger partial charge < -0.3 is 9.64 Å². The molecule has 0 aromatic rings. The van der Waals surface area contributed by atoms with Crippen molar-refractivity contribution < 1.29 is 9.53 Å². The number of rotatable bonds is 33. The van der Waals surface area contributed by atoms with Crippen LogP contribution in [0.15, 0.2) is 0 Å². The summed E-state index contributed by atoms with van der Waals surface area (Å²) in [6, 6.07) is 0. The van der Waals surface area contributed by atoms with Crippen LogP contribution in [0.5, 0.6) is 0 Å². The van der Waals surface area contributed by atoms with Gasteiger partial charge in [0.05, 0.1) is 6.61 Å². The first kappa shape index (κ1) is 41.3. The van der Waals surface area contributed by atoms with Crippen LogP contribution in [0.4, 0.5) is 4.79 Å². The molecule has 0 aliphatic heterocycles. The molecule has 0 spiro atoms. The van der Waals surface area contributed by atoms with Gasteiger partial charge in [-0.3, -0.25) is 0 Å². The monoisotopic (exact) mass is 594 g/mol. The Morgan fingerprint density at radius 1 is 0.429 bits per heavy atom. The molecule has 0 heterocycles. The molecule has 0 aliphatic rings. The van der Waals surface area contributed by atoms with E-state index in [9.17, 15) is 4.79 Å². The van der Waals surface area contributed by atoms with Crippen LogP contribution < -0.4 is 0 Å². The largest absolute Gasteiger partial charge is 0.450 e. The fourth-order valence-corrected chi connectivity index (χ4v) is 6.11. The SMILES string of the molecule is CCOC(=O)N(CCCCCCCCCCCCCCCC(C)C)CCCCCCCCCCCCCCCC(C)C. The van der Waals surface area contributed by atoms with E-state index >= 15 is 0 Å². The van der Waals surface area contributed by atoms with Gasteiger partial charge in [0.25, 0.3) is 0 Å². The van der Waals surface area contributed by atoms with Crippen molar-refractivity contribution in [1.82, 2.24) is 4.90 Å². The summed E-state index contributed by atoms with van der Waals surface area (Å²) in [7, 11) is 0. The van der Waals surface area contributed by atoms with E-state index in [-0.39, 0.29) is 6.09 Å². The molecule has 0 rings (SSSR count). The lowest BCUT2D eigenvalue weighted by atomic mass is 10.0. The van der Waals surface area contributed by atoms with E-state index < -0.39 is 0 Å². The van der Waals surface area contributed by atoms with E-state index in [1.807, 2.05) is 11.8 Å². The minimum atomic E-state index is -0.0997. The minimum Gasteiger partial charge on any atom is -0.450 e. The quantitative estimate of drug-likeness (QED) is 0.0708. The fraction of sp³-hybridized carbons (Fsp3) is 0.974. The Morgan fingerprint density at radius 2 is 0.667 bits per heavy atom. The lowest BCUT2D eigenvalue weighted by Gasteiger charge is -2.22. The highest BCUT2D eigenvalue weighted by Gasteiger charge is 2.13. The van der Waals surface area contributed by atoms with Crippen LogP contribution in [0.1, 0.15) is 214 Å². The summed E-state index contributed by atoms with van der Waals surface area (Å²) < 4.78 is 5.35. The highest BCUT2D eigenvalue weighted by molar-refractivity contribution is 5.67. The maximum atomic E-state index is 12.4. The fourth-order valence-electron chi connectivity index (χ4n) is 6.11. The summed E-state index contributed by atoms with van der Waals surface area (Å²) in [6.07, 6.45) is 38.4. The van der Waals surface area contributed by atoms with Crippen molar-refractivity contribution in [2.45, 2.75) is 214 Å². The predicted molar refractivity (Wildman–Crippen MR) is 188 cm³/mol. The topological polar surface area (TPSA) is 29.5 Å². The molecule has 252 valence electrons. The van der Waals surface area contributed by atoms with E-state index in [1.54, 1.807) is 0 Å². The second kappa shape index (κ2) is 33.2. The molecule has 0 radical (unpaired) electrons. The van der Waals surface area contributed by atoms with Gasteiger partial charge >= 0.3 is 6.09 Å². The number of nitrogens with zero attached hydrogens (tertiary/aromatic N) is 1. The number of ether oxygens (including phenoxy) is 1. The Morgan fingerprint density at radius 3 is 0.905 bits per heavy atom. The van der Waals surface area contributed by atoms with Gasteiger partial charge in [-0.2, -0.15) is 0 Å². The summed E-state index contributed by atoms with van der Waals surface area (Å²) >= 11 is 0. The van der Waals surface area contributed by atoms with Crippen LogP contribution in [0.2, 0.25) is 0 Å². The molecule has 0 saturated heterocycles. The molecule has 0 aromatic carbocycles. The van der Waals surface area contributed by atoms with E-state index in [4.69, 9.17) is 4.74 Å². The van der Waals surface area contributed by atoms with E-state index in [0.717, 1.165) is 37.8 Å². The molecule has 1 amide bonds. The Balaban J connectivity index is 3.59. The normalized spacial score (nSPS) is 11.6. The smallest absolute Gasteiger partial charge is 0.409 e. The zero-order valence-electron chi connectivity index (χ0n) is 29.8. The number of unbranched alkanes of at least 4 members (excludes halogenated alkanes) is 24. The Kier molecular flexibility index (Phi) is 32.6. The van der Waals surface area contributed by atoms with Crippen LogP contribution >= 0.6 is 0 Å². The average Bonchev–Trinajstić information content (AvgIpc) is 2.95. The maximum Gasteiger partial charge on any atom is 0.409 e. The Hall–Kier alpha value is -0.730. The van der Waals surface area contributed by atoms with Crippen LogP contribution in [0, 0.1) is 11.8 Å². The van der Waals surface area contributed by atoms with Gasteiger partial charge in [0.2, 0.25) is 0 Å². The molecular formula is C39H79NO2. The standard InChI is InChI=1S/C39H79NO2/c1-6-42-39(41)40(35-31-27-23-19-15-11-7-9-13-17-21-25-29-33-37(2)3)36-32-28-24-20-16-12-8-10-14-18-22-26-30-34-38(4)5/h37-38H,6-36H2,1-5H3. The van der Waals surface area contributed by atoms with Crippen LogP contribution in [-0.2, 0) is 4.74 Å². The molecule has 0 aliphatic carbocycles. The van der Waals surface area contributed by atoms with E-state index in [0.29, 0.717) is 6.61 Å². The second-order valence-corrected chi connectivity index (χ2v) is 14.2. The molecule has 0 atom stereocenters. The number of carbonyl (C=O) groups is 1. The van der Waals surface area contributed by atoms with Crippen molar-refractivity contribution in [3.05, 3.63) is 0 Å². The molecule has 3 nitrogen and oxygen atoms in total. The van der Waals surface area contributed by atoms with Crippen molar-refractivity contribution in [2.75, 3.05) is 19.7 Å². The third-order valence-electron chi connectivity index (χ3n) is 8.95. The van der Waals surface area contributed by atoms with Gasteiger partial charge in [-0.1, -0.05) is 195 Å². The molecule has 0 N–H and O–H groups in total. The van der Waals surface area contributed by atoms with Crippen molar-refractivity contribution in [3.63, 3.8) is 0 Å². The van der Waals surface area contributed by atoms with Crippen molar-refractivity contribution in [1.29, 1.82) is 0 Å². The number of hydrogen-bond acceptors (Lipinski definition) is 2. The summed E-state index contributed by atoms with van der Waals surface area (Å²) in [5, 5.41) is 0. The molecule has 42 heavy (non-hydrogen) atoms. The summed E-state index contributed by atoms with van der Waals surface area (Å²) in [5.41, 5.74) is 0. The molecule has 0 unspecified atom stereocenters. The van der Waals surface area contributed by atoms with Gasteiger partial charge in [0.15, 0.2) is 0 Å². The van der Waals surface area contributed by atoms with Gasteiger partial charge in [-0.25, -0.2) is 4.79 Å². The third kappa shape index (κ3) is 32.2. The predicted octanol–water partition coefficient (Wildman–Crippen LogP) is 13.7. The molecule has 0 saturated carbocycles. The highest BCUT2D eigenvalue weighted by Crippen LogP contribution is 2.16. The lowest BCUT2D eigenvalue weighted by molar-refractivity contribution is 0.105. The average molecular weight is 594 g/mol. The van der Waals surface area contributed by atoms with Gasteiger partial charge in [-0.15, -0.1) is 0 Å². The van der Waals surface area contributed by atoms with Crippen LogP contribution in [-0.4, -0.2) is 30.7 Å². The van der Waals surface area contributed by atoms with Gasteiger partial charge in [0.1, 0.15) is 0 Å². The van der Waals surface area contributed by atoms with Crippen molar-refractivity contribution >= 4 is 6.09 Å². The van der Waals surface area contributed by atoms with E-state index in [1.165, 1.54) is 167 Å². The number of amides is 1. The van der Waals surface area contributed by atoms with Gasteiger partial charge in [-0.05, 0) is 31.6 Å². The Bertz CT molecular complexity index is 494. The van der Waals surface area contributed by atoms with Crippen LogP contribution in [0.3, 0.4) is 0 Å². The molecular weight excluding hydrogens is 514 g/mol. The minimum absolute atomic E-state index is 0.0997. The zero-order chi connectivity index (χ0) is 30.9. The van der Waals surface area contributed by atoms with Crippen LogP contribution in [0.25, 0.3) is 0 Å². The highest BCUT2D eigenvalue weighted by atomic mass is 16.6. The van der Waals surface area contributed by atoms with Crippen molar-refractivity contribution in [2.24, 2.45) is 11.8 Å². The number of carbonyl (C=O) groups excluding carboxylic acids is 1. The van der Waals surface area contributed by atoms with E-state index in [2.05, 4.69) is 27.7 Å². The van der Waals surface area contributed by atoms with Crippen molar-refractivity contribution in [3.8, 4) is 0 Å². The summed E-state index contributed by atoms with van der Waals surface area (Å²) in [6.45, 7) is 13.5. The first-order valence-corrected chi connectivity index (χ1v) is 19.4. The molecule has 0 fully saturated rings. The lowest BCUT2D eigenvalue weighted by Crippen LogP contribution is -2.33. The number of hydrogen-bond donors (Lipinski definition) is 0. The molecule has 0 bridgehead atoms. The molecule has 3 heteroatoms. The summed E-state index contributed by atoms with van der Waals surface area (Å²) in [4.78, 5) is 14.4. The molecule has 0 aromatic heterocycles. The Labute approximate surface area is 266 Å².